The Labute approximate surface area is 109 Å². The maximum atomic E-state index is 6.45. The molecule has 1 nitrogen and oxygen atoms in total. The minimum Gasteiger partial charge on any atom is -0.252 e. The van der Waals surface area contributed by atoms with Gasteiger partial charge in [-0.25, -0.2) is 0 Å². The van der Waals surface area contributed by atoms with E-state index in [2.05, 4.69) is 34.8 Å². The highest BCUT2D eigenvalue weighted by Gasteiger charge is 2.14. The van der Waals surface area contributed by atoms with Crippen molar-refractivity contribution in [1.29, 1.82) is 0 Å². The number of aromatic nitrogens is 1. The number of aryl methyl sites for hydroxylation is 1. The summed E-state index contributed by atoms with van der Waals surface area (Å²) in [6, 6.07) is 5.99. The van der Waals surface area contributed by atoms with Gasteiger partial charge in [-0.05, 0) is 40.4 Å². The van der Waals surface area contributed by atoms with Gasteiger partial charge in [0, 0.05) is 15.6 Å². The first-order chi connectivity index (χ1) is 7.52. The number of hydrogen-bond donors (Lipinski definition) is 0. The molecule has 0 aliphatic heterocycles. The van der Waals surface area contributed by atoms with Crippen LogP contribution in [0.3, 0.4) is 0 Å². The number of halogens is 2. The first kappa shape index (κ1) is 11.9. The number of para-hydroxylation sites is 1. The Morgan fingerprint density at radius 2 is 2.00 bits per heavy atom. The van der Waals surface area contributed by atoms with Crippen LogP contribution in [0.1, 0.15) is 31.0 Å². The van der Waals surface area contributed by atoms with Gasteiger partial charge in [0.2, 0.25) is 0 Å². The third-order valence-electron chi connectivity index (χ3n) is 2.71. The summed E-state index contributed by atoms with van der Waals surface area (Å²) in [5, 5.41) is 1.85. The third kappa shape index (κ3) is 1.85. The lowest BCUT2D eigenvalue weighted by atomic mass is 9.99. The summed E-state index contributed by atoms with van der Waals surface area (Å²) in [4.78, 5) is 4.63. The van der Waals surface area contributed by atoms with Gasteiger partial charge < -0.3 is 0 Å². The van der Waals surface area contributed by atoms with Crippen LogP contribution in [0.2, 0.25) is 5.02 Å². The van der Waals surface area contributed by atoms with Crippen LogP contribution in [0.4, 0.5) is 0 Å². The summed E-state index contributed by atoms with van der Waals surface area (Å²) in [5.41, 5.74) is 3.10. The van der Waals surface area contributed by atoms with E-state index in [1.54, 1.807) is 0 Å². The van der Waals surface area contributed by atoms with Crippen LogP contribution in [0.5, 0.6) is 0 Å². The van der Waals surface area contributed by atoms with Crippen molar-refractivity contribution in [3.8, 4) is 0 Å². The smallest absolute Gasteiger partial charge is 0.0862 e. The van der Waals surface area contributed by atoms with E-state index in [1.165, 1.54) is 0 Å². The van der Waals surface area contributed by atoms with Crippen molar-refractivity contribution in [3.63, 3.8) is 0 Å². The Kier molecular flexibility index (Phi) is 3.22. The van der Waals surface area contributed by atoms with Crippen molar-refractivity contribution >= 4 is 38.4 Å². The molecule has 0 saturated heterocycles. The second kappa shape index (κ2) is 4.34. The SMILES string of the molecule is Cc1nc2c(Br)cccc2c(Cl)c1C(C)C. The van der Waals surface area contributed by atoms with Gasteiger partial charge in [0.25, 0.3) is 0 Å². The zero-order valence-electron chi connectivity index (χ0n) is 9.51. The lowest BCUT2D eigenvalue weighted by molar-refractivity contribution is 0.848. The number of pyridine rings is 1. The molecule has 0 saturated carbocycles. The molecule has 0 aliphatic rings. The molecule has 0 bridgehead atoms. The zero-order valence-corrected chi connectivity index (χ0v) is 11.9. The molecule has 1 aromatic heterocycles. The molecule has 0 radical (unpaired) electrons. The summed E-state index contributed by atoms with van der Waals surface area (Å²) < 4.78 is 0.991. The van der Waals surface area contributed by atoms with Gasteiger partial charge in [0.15, 0.2) is 0 Å². The minimum atomic E-state index is 0.392. The largest absolute Gasteiger partial charge is 0.252 e. The van der Waals surface area contributed by atoms with E-state index in [0.29, 0.717) is 5.92 Å². The summed E-state index contributed by atoms with van der Waals surface area (Å²) in [6.07, 6.45) is 0. The van der Waals surface area contributed by atoms with Crippen molar-refractivity contribution in [2.45, 2.75) is 26.7 Å². The van der Waals surface area contributed by atoms with Gasteiger partial charge in [-0.1, -0.05) is 37.6 Å². The van der Waals surface area contributed by atoms with Crippen LogP contribution in [0.25, 0.3) is 10.9 Å². The van der Waals surface area contributed by atoms with E-state index in [4.69, 9.17) is 11.6 Å². The molecular formula is C13H13BrClN. The molecule has 0 unspecified atom stereocenters. The quantitative estimate of drug-likeness (QED) is 0.715. The molecule has 2 rings (SSSR count). The molecule has 16 heavy (non-hydrogen) atoms. The van der Waals surface area contributed by atoms with Gasteiger partial charge in [-0.3, -0.25) is 4.98 Å². The Morgan fingerprint density at radius 1 is 1.31 bits per heavy atom. The van der Waals surface area contributed by atoms with E-state index < -0.39 is 0 Å². The van der Waals surface area contributed by atoms with Crippen LogP contribution in [0, 0.1) is 6.92 Å². The Bertz CT molecular complexity index is 549. The van der Waals surface area contributed by atoms with Crippen molar-refractivity contribution in [3.05, 3.63) is 39.0 Å². The van der Waals surface area contributed by atoms with Crippen LogP contribution in [-0.2, 0) is 0 Å². The fourth-order valence-corrected chi connectivity index (χ4v) is 2.97. The monoisotopic (exact) mass is 297 g/mol. The average Bonchev–Trinajstić information content (AvgIpc) is 2.19. The van der Waals surface area contributed by atoms with Crippen LogP contribution >= 0.6 is 27.5 Å². The molecule has 0 N–H and O–H groups in total. The number of rotatable bonds is 1. The number of fused-ring (bicyclic) bond motifs is 1. The first-order valence-electron chi connectivity index (χ1n) is 5.26. The van der Waals surface area contributed by atoms with Crippen LogP contribution in [-0.4, -0.2) is 4.98 Å². The van der Waals surface area contributed by atoms with E-state index in [1.807, 2.05) is 25.1 Å². The Morgan fingerprint density at radius 3 is 2.62 bits per heavy atom. The standard InChI is InChI=1S/C13H13BrClN/c1-7(2)11-8(3)16-13-9(12(11)15)5-4-6-10(13)14/h4-7H,1-3H3. The number of hydrogen-bond acceptors (Lipinski definition) is 1. The second-order valence-corrected chi connectivity index (χ2v) is 5.45. The fraction of sp³-hybridized carbons (Fsp3) is 0.308. The van der Waals surface area contributed by atoms with Crippen molar-refractivity contribution in [2.75, 3.05) is 0 Å². The van der Waals surface area contributed by atoms with Gasteiger partial charge >= 0.3 is 0 Å². The normalized spacial score (nSPS) is 11.4. The first-order valence-corrected chi connectivity index (χ1v) is 6.43. The summed E-state index contributed by atoms with van der Waals surface area (Å²) in [7, 11) is 0. The summed E-state index contributed by atoms with van der Waals surface area (Å²) in [6.45, 7) is 6.29. The van der Waals surface area contributed by atoms with Crippen LogP contribution < -0.4 is 0 Å². The van der Waals surface area contributed by atoms with Crippen molar-refractivity contribution in [1.82, 2.24) is 4.98 Å². The lowest BCUT2D eigenvalue weighted by Crippen LogP contribution is -1.98. The summed E-state index contributed by atoms with van der Waals surface area (Å²) in [5.74, 6) is 0.392. The maximum absolute atomic E-state index is 6.45. The van der Waals surface area contributed by atoms with E-state index in [-0.39, 0.29) is 0 Å². The molecule has 0 amide bonds. The number of nitrogens with zero attached hydrogens (tertiary/aromatic N) is 1. The maximum Gasteiger partial charge on any atom is 0.0862 e. The fourth-order valence-electron chi connectivity index (χ4n) is 2.01. The average molecular weight is 299 g/mol. The molecule has 84 valence electrons. The minimum absolute atomic E-state index is 0.392. The summed E-state index contributed by atoms with van der Waals surface area (Å²) >= 11 is 9.96. The molecular weight excluding hydrogens is 286 g/mol. The van der Waals surface area contributed by atoms with Gasteiger partial charge in [0.1, 0.15) is 0 Å². The van der Waals surface area contributed by atoms with Gasteiger partial charge in [-0.15, -0.1) is 0 Å². The predicted molar refractivity (Wildman–Crippen MR) is 73.3 cm³/mol. The molecule has 2 aromatic rings. The van der Waals surface area contributed by atoms with E-state index in [9.17, 15) is 0 Å². The topological polar surface area (TPSA) is 12.9 Å². The van der Waals surface area contributed by atoms with E-state index in [0.717, 1.165) is 31.7 Å². The molecule has 1 heterocycles. The second-order valence-electron chi connectivity index (χ2n) is 4.22. The highest BCUT2D eigenvalue weighted by atomic mass is 79.9. The lowest BCUT2D eigenvalue weighted by Gasteiger charge is -2.14. The highest BCUT2D eigenvalue weighted by molar-refractivity contribution is 9.10. The Balaban J connectivity index is 2.89. The number of benzene rings is 1. The molecule has 3 heteroatoms. The van der Waals surface area contributed by atoms with Gasteiger partial charge in [0.05, 0.1) is 10.5 Å². The van der Waals surface area contributed by atoms with E-state index >= 15 is 0 Å². The highest BCUT2D eigenvalue weighted by Crippen LogP contribution is 2.35. The molecule has 1 aromatic carbocycles. The molecule has 0 fully saturated rings. The van der Waals surface area contributed by atoms with Crippen LogP contribution in [0.15, 0.2) is 22.7 Å². The molecule has 0 atom stereocenters. The van der Waals surface area contributed by atoms with Crippen molar-refractivity contribution < 1.29 is 0 Å². The Hall–Kier alpha value is -0.600. The molecule has 0 aliphatic carbocycles. The predicted octanol–water partition coefficient (Wildman–Crippen LogP) is 5.08. The third-order valence-corrected chi connectivity index (χ3v) is 3.75. The zero-order chi connectivity index (χ0) is 11.9. The van der Waals surface area contributed by atoms with Gasteiger partial charge in [-0.2, -0.15) is 0 Å². The van der Waals surface area contributed by atoms with Crippen molar-refractivity contribution in [2.24, 2.45) is 0 Å². The molecule has 0 spiro atoms.